The van der Waals surface area contributed by atoms with E-state index in [0.717, 1.165) is 29.0 Å². The Morgan fingerprint density at radius 3 is 2.00 bits per heavy atom. The van der Waals surface area contributed by atoms with Crippen molar-refractivity contribution < 1.29 is 47.1 Å². The van der Waals surface area contributed by atoms with E-state index in [1.54, 1.807) is 38.1 Å². The number of ether oxygens (including phenoxy) is 1. The van der Waals surface area contributed by atoms with Gasteiger partial charge in [-0.2, -0.15) is 0 Å². The van der Waals surface area contributed by atoms with Gasteiger partial charge in [-0.3, -0.25) is 33.7 Å². The summed E-state index contributed by atoms with van der Waals surface area (Å²) in [6.07, 6.45) is 2.76. The number of carbonyl (C=O) groups excluding carboxylic acids is 7. The van der Waals surface area contributed by atoms with Crippen LogP contribution in [0.4, 0.5) is 10.5 Å². The molecule has 0 radical (unpaired) electrons. The lowest BCUT2D eigenvalue weighted by Crippen LogP contribution is -2.54. The summed E-state index contributed by atoms with van der Waals surface area (Å²) in [5.74, 6) is -4.17. The summed E-state index contributed by atoms with van der Waals surface area (Å²) in [5, 5.41) is 8.37. The van der Waals surface area contributed by atoms with Crippen LogP contribution < -0.4 is 27.0 Å². The van der Waals surface area contributed by atoms with Crippen molar-refractivity contribution >= 4 is 58.3 Å². The number of nitrogens with two attached hydrogens (primary N) is 1. The molecule has 3 atom stereocenters. The van der Waals surface area contributed by atoms with Crippen LogP contribution in [0.15, 0.2) is 36.4 Å². The quantitative estimate of drug-likeness (QED) is 0.0869. The molecule has 0 fully saturated rings. The van der Waals surface area contributed by atoms with Crippen molar-refractivity contribution in [2.75, 3.05) is 25.0 Å². The second-order valence-corrected chi connectivity index (χ2v) is 11.1. The standard InChI is InChI=1S/C24H30N4O9S.C4H10N2O.C2H6/c1-14(2)22(27-23(33)18(38(35)36)10-11-28-20(31)8-9-21(28)32)24(34)25-12-19(30)26-17-6-4-16(5-7-17)13-37-15(3)29;1-2-3-6-4(5)7;1-2/h4-9,14,18,22H,10-13H2,1-3H3,(H,25,34)(H,26,30)(H,27,33)(H,35,36);2-3H2,1H3,(H3,5,6,7);1-2H3/t18-,22?;;/m1../s1. The van der Waals surface area contributed by atoms with Gasteiger partial charge in [0.05, 0.1) is 6.54 Å². The summed E-state index contributed by atoms with van der Waals surface area (Å²) < 4.78 is 26.3. The monoisotopic (exact) mass is 682 g/mol. The number of urea groups is 1. The Morgan fingerprint density at radius 1 is 0.979 bits per heavy atom. The zero-order chi connectivity index (χ0) is 36.1. The number of hydrogen-bond acceptors (Lipinski definition) is 9. The fraction of sp³-hybridized carbons (Fsp3) is 0.500. The van der Waals surface area contributed by atoms with Crippen molar-refractivity contribution in [1.82, 2.24) is 20.9 Å². The highest BCUT2D eigenvalue weighted by Crippen LogP contribution is 2.12. The number of anilines is 1. The Balaban J connectivity index is 0.00000207. The van der Waals surface area contributed by atoms with E-state index in [-0.39, 0.29) is 19.6 Å². The second-order valence-electron chi connectivity index (χ2n) is 9.98. The van der Waals surface area contributed by atoms with E-state index in [0.29, 0.717) is 12.2 Å². The van der Waals surface area contributed by atoms with Gasteiger partial charge in [0.15, 0.2) is 11.1 Å². The number of carbonyl (C=O) groups is 7. The fourth-order valence-electron chi connectivity index (χ4n) is 3.60. The maximum Gasteiger partial charge on any atom is 0.312 e. The number of hydrogen-bond donors (Lipinski definition) is 6. The maximum absolute atomic E-state index is 12.7. The molecule has 1 aromatic rings. The summed E-state index contributed by atoms with van der Waals surface area (Å²) >= 11 is -2.64. The van der Waals surface area contributed by atoms with Crippen molar-refractivity contribution in [1.29, 1.82) is 0 Å². The number of benzene rings is 1. The molecule has 16 nitrogen and oxygen atoms in total. The third kappa shape index (κ3) is 17.0. The number of rotatable bonds is 15. The minimum Gasteiger partial charge on any atom is -0.461 e. The van der Waals surface area contributed by atoms with Gasteiger partial charge in [-0.1, -0.05) is 46.8 Å². The molecule has 0 saturated heterocycles. The average Bonchev–Trinajstić information content (AvgIpc) is 3.34. The number of esters is 1. The van der Waals surface area contributed by atoms with Crippen molar-refractivity contribution in [2.24, 2.45) is 11.7 Å². The van der Waals surface area contributed by atoms with Gasteiger partial charge in [0.2, 0.25) is 17.7 Å². The van der Waals surface area contributed by atoms with Gasteiger partial charge in [0, 0.05) is 37.9 Å². The van der Waals surface area contributed by atoms with E-state index in [4.69, 9.17) is 10.5 Å². The SMILES string of the molecule is CC.CC(=O)OCc1ccc(NC(=O)CNC(=O)C(NC(=O)[C@@H](CCN2C(=O)C=CC2=O)S(=O)O)C(C)C)cc1.CCCNC(N)=O. The van der Waals surface area contributed by atoms with Crippen molar-refractivity contribution in [3.8, 4) is 0 Å². The first-order chi connectivity index (χ1) is 22.2. The number of nitrogens with one attached hydrogen (secondary N) is 4. The minimum absolute atomic E-state index is 0.0956. The zero-order valence-electron chi connectivity index (χ0n) is 27.5. The van der Waals surface area contributed by atoms with Crippen LogP contribution in [0, 0.1) is 5.92 Å². The molecule has 1 aliphatic heterocycles. The molecule has 262 valence electrons. The summed E-state index contributed by atoms with van der Waals surface area (Å²) in [4.78, 5) is 82.6. The lowest BCUT2D eigenvalue weighted by molar-refractivity contribution is -0.142. The van der Waals surface area contributed by atoms with E-state index >= 15 is 0 Å². The molecule has 0 aliphatic carbocycles. The summed E-state index contributed by atoms with van der Waals surface area (Å²) in [5.41, 5.74) is 5.90. The molecule has 7 amide bonds. The Labute approximate surface area is 276 Å². The average molecular weight is 683 g/mol. The molecular formula is C30H46N6O10S. The first-order valence-corrected chi connectivity index (χ1v) is 16.1. The van der Waals surface area contributed by atoms with Gasteiger partial charge in [0.25, 0.3) is 11.8 Å². The molecule has 7 N–H and O–H groups in total. The molecule has 0 spiro atoms. The minimum atomic E-state index is -2.64. The van der Waals surface area contributed by atoms with Gasteiger partial charge in [-0.05, 0) is 36.5 Å². The Bertz CT molecular complexity index is 1270. The molecule has 2 rings (SSSR count). The van der Waals surface area contributed by atoms with Crippen LogP contribution in [0.5, 0.6) is 0 Å². The van der Waals surface area contributed by atoms with Crippen LogP contribution in [0.25, 0.3) is 0 Å². The smallest absolute Gasteiger partial charge is 0.312 e. The van der Waals surface area contributed by atoms with Crippen LogP contribution in [0.2, 0.25) is 0 Å². The second kappa shape index (κ2) is 22.8. The van der Waals surface area contributed by atoms with Crippen LogP contribution >= 0.6 is 0 Å². The highest BCUT2D eigenvalue weighted by Gasteiger charge is 2.33. The third-order valence-corrected chi connectivity index (χ3v) is 6.89. The van der Waals surface area contributed by atoms with E-state index in [1.807, 2.05) is 20.8 Å². The summed E-state index contributed by atoms with van der Waals surface area (Å²) in [6, 6.07) is 4.96. The zero-order valence-corrected chi connectivity index (χ0v) is 28.3. The molecule has 17 heteroatoms. The molecule has 47 heavy (non-hydrogen) atoms. The summed E-state index contributed by atoms with van der Waals surface area (Å²) in [6.45, 7) is 10.7. The van der Waals surface area contributed by atoms with Crippen molar-refractivity contribution in [3.05, 3.63) is 42.0 Å². The number of amides is 7. The number of nitrogens with zero attached hydrogens (tertiary/aromatic N) is 1. The predicted octanol–water partition coefficient (Wildman–Crippen LogP) is 0.942. The Morgan fingerprint density at radius 2 is 1.55 bits per heavy atom. The number of primary amides is 1. The molecule has 1 aromatic carbocycles. The molecule has 2 unspecified atom stereocenters. The largest absolute Gasteiger partial charge is 0.461 e. The Kier molecular flexibility index (Phi) is 20.5. The molecule has 1 heterocycles. The number of imide groups is 1. The van der Waals surface area contributed by atoms with Crippen molar-refractivity contribution in [2.45, 2.75) is 72.3 Å². The van der Waals surface area contributed by atoms with E-state index in [9.17, 15) is 42.3 Å². The van der Waals surface area contributed by atoms with Gasteiger partial charge < -0.3 is 36.3 Å². The highest BCUT2D eigenvalue weighted by molar-refractivity contribution is 7.80. The molecule has 0 saturated carbocycles. The van der Waals surface area contributed by atoms with Crippen LogP contribution in [-0.2, 0) is 51.2 Å². The topological polar surface area (TPSA) is 243 Å². The van der Waals surface area contributed by atoms with Gasteiger partial charge >= 0.3 is 12.0 Å². The lowest BCUT2D eigenvalue weighted by Gasteiger charge is -2.24. The van der Waals surface area contributed by atoms with E-state index in [1.165, 1.54) is 6.92 Å². The third-order valence-electron chi connectivity index (χ3n) is 5.95. The van der Waals surface area contributed by atoms with E-state index in [2.05, 4.69) is 21.3 Å². The molecule has 0 aromatic heterocycles. The van der Waals surface area contributed by atoms with Crippen LogP contribution in [0.3, 0.4) is 0 Å². The van der Waals surface area contributed by atoms with Gasteiger partial charge in [0.1, 0.15) is 17.9 Å². The summed E-state index contributed by atoms with van der Waals surface area (Å²) in [7, 11) is 0. The van der Waals surface area contributed by atoms with Crippen LogP contribution in [0.1, 0.15) is 59.9 Å². The Hall–Kier alpha value is -4.64. The molecule has 0 bridgehead atoms. The normalized spacial score (nSPS) is 13.6. The van der Waals surface area contributed by atoms with Gasteiger partial charge in [-0.15, -0.1) is 0 Å². The molecular weight excluding hydrogens is 636 g/mol. The van der Waals surface area contributed by atoms with Crippen molar-refractivity contribution in [3.63, 3.8) is 0 Å². The predicted molar refractivity (Wildman–Crippen MR) is 175 cm³/mol. The molecule has 1 aliphatic rings. The first-order valence-electron chi connectivity index (χ1n) is 14.9. The maximum atomic E-state index is 12.7. The fourth-order valence-corrected chi connectivity index (χ4v) is 4.16. The first kappa shape index (κ1) is 42.4. The lowest BCUT2D eigenvalue weighted by atomic mass is 10.0. The highest BCUT2D eigenvalue weighted by atomic mass is 32.2. The van der Waals surface area contributed by atoms with Crippen LogP contribution in [-0.4, -0.2) is 86.1 Å². The van der Waals surface area contributed by atoms with Gasteiger partial charge in [-0.25, -0.2) is 9.00 Å². The van der Waals surface area contributed by atoms with E-state index < -0.39 is 76.4 Å².